The summed E-state index contributed by atoms with van der Waals surface area (Å²) >= 11 is 3.27. The van der Waals surface area contributed by atoms with Gasteiger partial charge in [0.1, 0.15) is 10.2 Å². The van der Waals surface area contributed by atoms with Crippen molar-refractivity contribution in [2.45, 2.75) is 13.8 Å². The number of esters is 1. The highest BCUT2D eigenvalue weighted by molar-refractivity contribution is 9.10. The molecule has 0 saturated carbocycles. The third-order valence-corrected chi connectivity index (χ3v) is 2.54. The molecule has 0 aliphatic rings. The van der Waals surface area contributed by atoms with Gasteiger partial charge in [-0.05, 0) is 29.8 Å². The van der Waals surface area contributed by atoms with Gasteiger partial charge in [-0.15, -0.1) is 0 Å². The second-order valence-electron chi connectivity index (χ2n) is 2.60. The van der Waals surface area contributed by atoms with E-state index in [4.69, 9.17) is 4.74 Å². The van der Waals surface area contributed by atoms with Gasteiger partial charge in [-0.2, -0.15) is 5.10 Å². The van der Waals surface area contributed by atoms with Crippen LogP contribution in [0.4, 0.5) is 0 Å². The Morgan fingerprint density at radius 3 is 2.69 bits per heavy atom. The lowest BCUT2D eigenvalue weighted by Gasteiger charge is -2.00. The van der Waals surface area contributed by atoms with E-state index in [0.717, 1.165) is 0 Å². The molecule has 13 heavy (non-hydrogen) atoms. The molecule has 0 spiro atoms. The number of hydrogen-bond donors (Lipinski definition) is 0. The van der Waals surface area contributed by atoms with Gasteiger partial charge in [-0.1, -0.05) is 0 Å². The van der Waals surface area contributed by atoms with Crippen LogP contribution in [0.15, 0.2) is 4.60 Å². The molecule has 0 radical (unpaired) electrons. The molecular weight excluding hydrogens is 236 g/mol. The van der Waals surface area contributed by atoms with Crippen LogP contribution in [0.2, 0.25) is 0 Å². The first kappa shape index (κ1) is 10.2. The zero-order chi connectivity index (χ0) is 10.0. The van der Waals surface area contributed by atoms with Crippen molar-refractivity contribution in [2.24, 2.45) is 7.05 Å². The molecule has 1 aromatic rings. The standard InChI is InChI=1S/C8H11BrN2O2/c1-4-13-8(12)6-5(2)10-11(3)7(6)9/h4H2,1-3H3. The largest absolute Gasteiger partial charge is 0.462 e. The van der Waals surface area contributed by atoms with Gasteiger partial charge in [-0.25, -0.2) is 4.79 Å². The third kappa shape index (κ3) is 1.91. The van der Waals surface area contributed by atoms with Gasteiger partial charge in [0.15, 0.2) is 0 Å². The van der Waals surface area contributed by atoms with Crippen LogP contribution in [0.3, 0.4) is 0 Å². The molecule has 4 nitrogen and oxygen atoms in total. The summed E-state index contributed by atoms with van der Waals surface area (Å²) in [7, 11) is 1.76. The molecule has 0 fully saturated rings. The molecule has 0 unspecified atom stereocenters. The van der Waals surface area contributed by atoms with Crippen LogP contribution in [-0.2, 0) is 11.8 Å². The van der Waals surface area contributed by atoms with Gasteiger partial charge < -0.3 is 4.74 Å². The molecule has 0 amide bonds. The van der Waals surface area contributed by atoms with Crippen LogP contribution in [0.25, 0.3) is 0 Å². The minimum absolute atomic E-state index is 0.333. The molecule has 0 saturated heterocycles. The monoisotopic (exact) mass is 246 g/mol. The number of rotatable bonds is 2. The summed E-state index contributed by atoms with van der Waals surface area (Å²) in [5.74, 6) is -0.333. The van der Waals surface area contributed by atoms with Crippen molar-refractivity contribution in [1.82, 2.24) is 9.78 Å². The fourth-order valence-electron chi connectivity index (χ4n) is 1.07. The molecule has 1 aromatic heterocycles. The summed E-state index contributed by atoms with van der Waals surface area (Å²) in [6, 6.07) is 0. The second-order valence-corrected chi connectivity index (χ2v) is 3.35. The highest BCUT2D eigenvalue weighted by atomic mass is 79.9. The van der Waals surface area contributed by atoms with Crippen LogP contribution in [0, 0.1) is 6.92 Å². The van der Waals surface area contributed by atoms with Crippen molar-refractivity contribution in [3.8, 4) is 0 Å². The third-order valence-electron chi connectivity index (χ3n) is 1.63. The zero-order valence-corrected chi connectivity index (χ0v) is 9.38. The van der Waals surface area contributed by atoms with E-state index < -0.39 is 0 Å². The van der Waals surface area contributed by atoms with E-state index in [0.29, 0.717) is 22.5 Å². The Bertz CT molecular complexity index is 333. The predicted molar refractivity (Wildman–Crippen MR) is 51.6 cm³/mol. The molecule has 1 rings (SSSR count). The van der Waals surface area contributed by atoms with E-state index in [1.54, 1.807) is 25.6 Å². The number of hydrogen-bond acceptors (Lipinski definition) is 3. The topological polar surface area (TPSA) is 44.1 Å². The summed E-state index contributed by atoms with van der Waals surface area (Å²) in [6.45, 7) is 3.92. The van der Waals surface area contributed by atoms with Gasteiger partial charge in [-0.3, -0.25) is 4.68 Å². The first-order valence-electron chi connectivity index (χ1n) is 3.94. The molecule has 0 aliphatic heterocycles. The Kier molecular flexibility index (Phi) is 3.08. The summed E-state index contributed by atoms with van der Waals surface area (Å²) < 4.78 is 7.14. The quantitative estimate of drug-likeness (QED) is 0.746. The average Bonchev–Trinajstić information content (AvgIpc) is 2.27. The maximum Gasteiger partial charge on any atom is 0.342 e. The first-order valence-corrected chi connectivity index (χ1v) is 4.73. The molecule has 0 atom stereocenters. The van der Waals surface area contributed by atoms with Gasteiger partial charge in [0, 0.05) is 7.05 Å². The van der Waals surface area contributed by atoms with Crippen molar-refractivity contribution in [1.29, 1.82) is 0 Å². The van der Waals surface area contributed by atoms with Crippen molar-refractivity contribution in [2.75, 3.05) is 6.61 Å². The van der Waals surface area contributed by atoms with Crippen LogP contribution in [0.5, 0.6) is 0 Å². The normalized spacial score (nSPS) is 10.2. The Morgan fingerprint density at radius 1 is 1.69 bits per heavy atom. The van der Waals surface area contributed by atoms with Gasteiger partial charge in [0.25, 0.3) is 0 Å². The Morgan fingerprint density at radius 2 is 2.31 bits per heavy atom. The number of aryl methyl sites for hydroxylation is 2. The summed E-state index contributed by atoms with van der Waals surface area (Å²) in [5.41, 5.74) is 1.18. The number of nitrogens with zero attached hydrogens (tertiary/aromatic N) is 2. The predicted octanol–water partition coefficient (Wildman–Crippen LogP) is 1.67. The molecule has 72 valence electrons. The van der Waals surface area contributed by atoms with Crippen molar-refractivity contribution >= 4 is 21.9 Å². The van der Waals surface area contributed by atoms with E-state index in [1.165, 1.54) is 0 Å². The minimum atomic E-state index is -0.333. The molecular formula is C8H11BrN2O2. The van der Waals surface area contributed by atoms with E-state index in [2.05, 4.69) is 21.0 Å². The highest BCUT2D eigenvalue weighted by Gasteiger charge is 2.18. The maximum absolute atomic E-state index is 11.4. The van der Waals surface area contributed by atoms with Crippen LogP contribution in [-0.4, -0.2) is 22.4 Å². The Labute approximate surface area is 85.0 Å². The summed E-state index contributed by atoms with van der Waals surface area (Å²) in [6.07, 6.45) is 0. The lowest BCUT2D eigenvalue weighted by molar-refractivity contribution is 0.0524. The average molecular weight is 247 g/mol. The molecule has 0 N–H and O–H groups in total. The highest BCUT2D eigenvalue weighted by Crippen LogP contribution is 2.19. The minimum Gasteiger partial charge on any atom is -0.462 e. The number of carbonyl (C=O) groups is 1. The van der Waals surface area contributed by atoms with Gasteiger partial charge >= 0.3 is 5.97 Å². The van der Waals surface area contributed by atoms with E-state index in [9.17, 15) is 4.79 Å². The van der Waals surface area contributed by atoms with Crippen molar-refractivity contribution in [3.05, 3.63) is 15.9 Å². The van der Waals surface area contributed by atoms with E-state index in [-0.39, 0.29) is 5.97 Å². The molecule has 1 heterocycles. The van der Waals surface area contributed by atoms with Crippen LogP contribution < -0.4 is 0 Å². The smallest absolute Gasteiger partial charge is 0.342 e. The SMILES string of the molecule is CCOC(=O)c1c(C)nn(C)c1Br. The van der Waals surface area contributed by atoms with Gasteiger partial charge in [0.05, 0.1) is 12.3 Å². The van der Waals surface area contributed by atoms with Crippen LogP contribution in [0.1, 0.15) is 23.0 Å². The van der Waals surface area contributed by atoms with Gasteiger partial charge in [0.2, 0.25) is 0 Å². The van der Waals surface area contributed by atoms with E-state index in [1.807, 2.05) is 0 Å². The fraction of sp³-hybridized carbons (Fsp3) is 0.500. The number of ether oxygens (including phenoxy) is 1. The van der Waals surface area contributed by atoms with Crippen molar-refractivity contribution in [3.63, 3.8) is 0 Å². The Balaban J connectivity index is 3.06. The second kappa shape index (κ2) is 3.91. The van der Waals surface area contributed by atoms with E-state index >= 15 is 0 Å². The first-order chi connectivity index (χ1) is 6.07. The molecule has 0 bridgehead atoms. The lowest BCUT2D eigenvalue weighted by Crippen LogP contribution is -2.06. The summed E-state index contributed by atoms with van der Waals surface area (Å²) in [5, 5.41) is 4.08. The number of carbonyl (C=O) groups excluding carboxylic acids is 1. The van der Waals surface area contributed by atoms with Crippen LogP contribution >= 0.6 is 15.9 Å². The molecule has 0 aromatic carbocycles. The molecule has 0 aliphatic carbocycles. The van der Waals surface area contributed by atoms with Crippen molar-refractivity contribution < 1.29 is 9.53 Å². The lowest BCUT2D eigenvalue weighted by atomic mass is 10.3. The fourth-order valence-corrected chi connectivity index (χ4v) is 1.59. The molecule has 5 heteroatoms. The summed E-state index contributed by atoms with van der Waals surface area (Å²) in [4.78, 5) is 11.4. The number of halogens is 1. The maximum atomic E-state index is 11.4. The zero-order valence-electron chi connectivity index (χ0n) is 7.80. The number of aromatic nitrogens is 2. The Hall–Kier alpha value is -0.840.